The smallest absolute Gasteiger partial charge is 0.248 e. The van der Waals surface area contributed by atoms with E-state index in [2.05, 4.69) is 11.9 Å². The van der Waals surface area contributed by atoms with Gasteiger partial charge in [-0.3, -0.25) is 9.69 Å². The largest absolute Gasteiger partial charge is 0.468 e. The molecule has 3 heterocycles. The SMILES string of the molecule is COCC(=O)N1C[C@@H]2CCCO[C@@H]2[C@H](N(C)Cc2ccco2)C1. The van der Waals surface area contributed by atoms with Crippen LogP contribution in [0.4, 0.5) is 0 Å². The summed E-state index contributed by atoms with van der Waals surface area (Å²) in [4.78, 5) is 16.5. The summed E-state index contributed by atoms with van der Waals surface area (Å²) in [5.41, 5.74) is 0. The molecule has 0 spiro atoms. The molecule has 1 amide bonds. The van der Waals surface area contributed by atoms with Crippen molar-refractivity contribution in [2.45, 2.75) is 31.5 Å². The van der Waals surface area contributed by atoms with Gasteiger partial charge in [-0.15, -0.1) is 0 Å². The number of fused-ring (bicyclic) bond motifs is 1. The molecule has 2 aliphatic rings. The number of hydrogen-bond acceptors (Lipinski definition) is 5. The number of likely N-dealkylation sites (tertiary alicyclic amines) is 1. The molecule has 1 aromatic rings. The van der Waals surface area contributed by atoms with Crippen molar-refractivity contribution >= 4 is 5.91 Å². The molecule has 128 valence electrons. The van der Waals surface area contributed by atoms with Gasteiger partial charge in [-0.1, -0.05) is 0 Å². The first-order valence-electron chi connectivity index (χ1n) is 8.30. The number of methoxy groups -OCH3 is 1. The Hall–Kier alpha value is -1.37. The molecular weight excluding hydrogens is 296 g/mol. The van der Waals surface area contributed by atoms with Crippen molar-refractivity contribution in [2.24, 2.45) is 5.92 Å². The highest BCUT2D eigenvalue weighted by Crippen LogP contribution is 2.31. The van der Waals surface area contributed by atoms with Gasteiger partial charge < -0.3 is 18.8 Å². The van der Waals surface area contributed by atoms with Crippen molar-refractivity contribution < 1.29 is 18.7 Å². The Morgan fingerprint density at radius 2 is 2.35 bits per heavy atom. The molecule has 6 nitrogen and oxygen atoms in total. The third-order valence-corrected chi connectivity index (χ3v) is 4.91. The molecule has 0 unspecified atom stereocenters. The Bertz CT molecular complexity index is 505. The lowest BCUT2D eigenvalue weighted by Crippen LogP contribution is -2.61. The Labute approximate surface area is 137 Å². The zero-order valence-electron chi connectivity index (χ0n) is 13.9. The van der Waals surface area contributed by atoms with Crippen LogP contribution in [0.25, 0.3) is 0 Å². The Morgan fingerprint density at radius 3 is 3.09 bits per heavy atom. The summed E-state index contributed by atoms with van der Waals surface area (Å²) in [6, 6.07) is 4.06. The maximum Gasteiger partial charge on any atom is 0.248 e. The summed E-state index contributed by atoms with van der Waals surface area (Å²) >= 11 is 0. The molecule has 1 aromatic heterocycles. The average molecular weight is 322 g/mol. The summed E-state index contributed by atoms with van der Waals surface area (Å²) in [6.07, 6.45) is 4.07. The molecule has 2 fully saturated rings. The van der Waals surface area contributed by atoms with Crippen LogP contribution in [0.3, 0.4) is 0 Å². The number of amides is 1. The molecule has 0 aromatic carbocycles. The fourth-order valence-corrected chi connectivity index (χ4v) is 3.75. The average Bonchev–Trinajstić information content (AvgIpc) is 3.07. The predicted octanol–water partition coefficient (Wildman–Crippen LogP) is 1.36. The van der Waals surface area contributed by atoms with Crippen LogP contribution in [0.5, 0.6) is 0 Å². The minimum absolute atomic E-state index is 0.0629. The molecule has 0 radical (unpaired) electrons. The Balaban J connectivity index is 1.72. The highest BCUT2D eigenvalue weighted by molar-refractivity contribution is 5.77. The number of furan rings is 1. The molecule has 3 rings (SSSR count). The van der Waals surface area contributed by atoms with E-state index in [4.69, 9.17) is 13.9 Å². The molecule has 6 heteroatoms. The van der Waals surface area contributed by atoms with E-state index < -0.39 is 0 Å². The van der Waals surface area contributed by atoms with Crippen molar-refractivity contribution in [3.63, 3.8) is 0 Å². The second kappa shape index (κ2) is 7.47. The van der Waals surface area contributed by atoms with Gasteiger partial charge in [0.2, 0.25) is 5.91 Å². The van der Waals surface area contributed by atoms with E-state index in [1.54, 1.807) is 13.4 Å². The van der Waals surface area contributed by atoms with Crippen LogP contribution < -0.4 is 0 Å². The summed E-state index contributed by atoms with van der Waals surface area (Å²) in [5.74, 6) is 1.40. The molecular formula is C17H26N2O4. The van der Waals surface area contributed by atoms with E-state index in [0.29, 0.717) is 12.5 Å². The lowest BCUT2D eigenvalue weighted by molar-refractivity contribution is -0.150. The zero-order chi connectivity index (χ0) is 16.2. The van der Waals surface area contributed by atoms with E-state index in [9.17, 15) is 4.79 Å². The summed E-state index contributed by atoms with van der Waals surface area (Å²) in [5, 5.41) is 0. The molecule has 2 aliphatic heterocycles. The Kier molecular flexibility index (Phi) is 5.35. The van der Waals surface area contributed by atoms with Crippen LogP contribution in [0.15, 0.2) is 22.8 Å². The zero-order valence-corrected chi connectivity index (χ0v) is 13.9. The summed E-state index contributed by atoms with van der Waals surface area (Å²) in [6.45, 7) is 3.14. The number of carbonyl (C=O) groups excluding carboxylic acids is 1. The lowest BCUT2D eigenvalue weighted by atomic mass is 9.84. The number of hydrogen-bond donors (Lipinski definition) is 0. The molecule has 2 saturated heterocycles. The first-order chi connectivity index (χ1) is 11.2. The monoisotopic (exact) mass is 322 g/mol. The highest BCUT2D eigenvalue weighted by Gasteiger charge is 2.42. The number of carbonyl (C=O) groups is 1. The normalized spacial score (nSPS) is 28.0. The third-order valence-electron chi connectivity index (χ3n) is 4.91. The maximum atomic E-state index is 12.3. The highest BCUT2D eigenvalue weighted by atomic mass is 16.5. The first kappa shape index (κ1) is 16.5. The maximum absolute atomic E-state index is 12.3. The van der Waals surface area contributed by atoms with Crippen molar-refractivity contribution in [1.29, 1.82) is 0 Å². The number of likely N-dealkylation sites (N-methyl/N-ethyl adjacent to an activating group) is 1. The number of ether oxygens (including phenoxy) is 2. The van der Waals surface area contributed by atoms with Crippen LogP contribution >= 0.6 is 0 Å². The van der Waals surface area contributed by atoms with Gasteiger partial charge in [0.05, 0.1) is 25.0 Å². The van der Waals surface area contributed by atoms with Crippen LogP contribution in [0.1, 0.15) is 18.6 Å². The fraction of sp³-hybridized carbons (Fsp3) is 0.706. The van der Waals surface area contributed by atoms with Gasteiger partial charge in [-0.25, -0.2) is 0 Å². The predicted molar refractivity (Wildman–Crippen MR) is 84.9 cm³/mol. The topological polar surface area (TPSA) is 55.1 Å². The van der Waals surface area contributed by atoms with Gasteiger partial charge in [-0.2, -0.15) is 0 Å². The van der Waals surface area contributed by atoms with Gasteiger partial charge in [0, 0.05) is 32.7 Å². The van der Waals surface area contributed by atoms with E-state index in [1.807, 2.05) is 17.0 Å². The lowest BCUT2D eigenvalue weighted by Gasteiger charge is -2.48. The quantitative estimate of drug-likeness (QED) is 0.819. The van der Waals surface area contributed by atoms with Crippen LogP contribution in [0, 0.1) is 5.92 Å². The Morgan fingerprint density at radius 1 is 1.48 bits per heavy atom. The molecule has 23 heavy (non-hydrogen) atoms. The number of rotatable bonds is 5. The molecule has 0 N–H and O–H groups in total. The number of nitrogens with zero attached hydrogens (tertiary/aromatic N) is 2. The van der Waals surface area contributed by atoms with Gasteiger partial charge in [0.25, 0.3) is 0 Å². The van der Waals surface area contributed by atoms with Crippen LogP contribution in [-0.2, 0) is 20.8 Å². The minimum Gasteiger partial charge on any atom is -0.468 e. The molecule has 0 saturated carbocycles. The van der Waals surface area contributed by atoms with E-state index in [1.165, 1.54) is 0 Å². The van der Waals surface area contributed by atoms with Crippen molar-refractivity contribution in [3.05, 3.63) is 24.2 Å². The molecule has 3 atom stereocenters. The van der Waals surface area contributed by atoms with E-state index >= 15 is 0 Å². The fourth-order valence-electron chi connectivity index (χ4n) is 3.75. The standard InChI is InChI=1S/C17H26N2O4/c1-18(10-14-6-4-7-22-14)15-11-19(16(20)12-21-2)9-13-5-3-8-23-17(13)15/h4,6-7,13,15,17H,3,5,8-12H2,1-2H3/t13-,15+,17-/m0/s1. The van der Waals surface area contributed by atoms with Crippen LogP contribution in [-0.4, -0.2) is 68.3 Å². The molecule has 0 bridgehead atoms. The summed E-state index contributed by atoms with van der Waals surface area (Å²) < 4.78 is 16.6. The van der Waals surface area contributed by atoms with Crippen molar-refractivity contribution in [2.75, 3.05) is 40.5 Å². The van der Waals surface area contributed by atoms with Gasteiger partial charge in [-0.05, 0) is 32.0 Å². The second-order valence-electron chi connectivity index (χ2n) is 6.53. The van der Waals surface area contributed by atoms with Gasteiger partial charge >= 0.3 is 0 Å². The van der Waals surface area contributed by atoms with Crippen molar-refractivity contribution in [3.8, 4) is 0 Å². The molecule has 0 aliphatic carbocycles. The van der Waals surface area contributed by atoms with Crippen LogP contribution in [0.2, 0.25) is 0 Å². The van der Waals surface area contributed by atoms with E-state index in [-0.39, 0.29) is 24.7 Å². The van der Waals surface area contributed by atoms with Gasteiger partial charge in [0.1, 0.15) is 12.4 Å². The first-order valence-corrected chi connectivity index (χ1v) is 8.30. The third kappa shape index (κ3) is 3.76. The second-order valence-corrected chi connectivity index (χ2v) is 6.53. The van der Waals surface area contributed by atoms with E-state index in [0.717, 1.165) is 38.3 Å². The van der Waals surface area contributed by atoms with Crippen molar-refractivity contribution in [1.82, 2.24) is 9.80 Å². The minimum atomic E-state index is 0.0629. The number of piperidine rings is 1. The van der Waals surface area contributed by atoms with Gasteiger partial charge in [0.15, 0.2) is 0 Å². The summed E-state index contributed by atoms with van der Waals surface area (Å²) in [7, 11) is 3.64.